The number of nitrogens with zero attached hydrogens (tertiary/aromatic N) is 1. The number of hydrogen-bond acceptors (Lipinski definition) is 4. The molecule has 7 heteroatoms. The zero-order valence-electron chi connectivity index (χ0n) is 15.6. The van der Waals surface area contributed by atoms with Crippen molar-refractivity contribution in [1.82, 2.24) is 4.98 Å². The van der Waals surface area contributed by atoms with Crippen molar-refractivity contribution in [3.8, 4) is 0 Å². The number of thiazole rings is 1. The van der Waals surface area contributed by atoms with Crippen molar-refractivity contribution in [3.05, 3.63) is 83.9 Å². The third kappa shape index (κ3) is 4.59. The first-order chi connectivity index (χ1) is 14.1. The molecule has 144 valence electrons. The Balaban J connectivity index is 1.44. The lowest BCUT2D eigenvalue weighted by Gasteiger charge is -2.07. The zero-order valence-corrected chi connectivity index (χ0v) is 16.4. The van der Waals surface area contributed by atoms with E-state index in [1.807, 2.05) is 55.5 Å². The summed E-state index contributed by atoms with van der Waals surface area (Å²) in [5.74, 6) is -0.208. The fraction of sp³-hybridized carbons (Fsp3) is 0.0455. The first-order valence-electron chi connectivity index (χ1n) is 8.98. The van der Waals surface area contributed by atoms with E-state index in [0.717, 1.165) is 10.3 Å². The van der Waals surface area contributed by atoms with Gasteiger partial charge in [0.15, 0.2) is 5.13 Å². The number of hydrogen-bond donors (Lipinski definition) is 3. The quantitative estimate of drug-likeness (QED) is 0.421. The van der Waals surface area contributed by atoms with Crippen LogP contribution in [0.5, 0.6) is 0 Å². The molecule has 0 aliphatic rings. The number of fused-ring (bicyclic) bond motifs is 1. The number of nitrogens with one attached hydrogen (secondary N) is 3. The van der Waals surface area contributed by atoms with Crippen LogP contribution in [0.3, 0.4) is 0 Å². The van der Waals surface area contributed by atoms with Gasteiger partial charge in [0, 0.05) is 16.9 Å². The summed E-state index contributed by atoms with van der Waals surface area (Å²) in [5, 5.41) is 8.91. The van der Waals surface area contributed by atoms with Gasteiger partial charge in [0.1, 0.15) is 0 Å². The maximum atomic E-state index is 12.3. The number of aromatic nitrogens is 1. The van der Waals surface area contributed by atoms with E-state index >= 15 is 0 Å². The largest absolute Gasteiger partial charge is 0.323 e. The molecule has 1 aromatic heterocycles. The summed E-state index contributed by atoms with van der Waals surface area (Å²) in [5.41, 5.74) is 3.73. The van der Waals surface area contributed by atoms with E-state index in [0.29, 0.717) is 27.6 Å². The molecule has 6 nitrogen and oxygen atoms in total. The molecule has 0 aliphatic heterocycles. The topological polar surface area (TPSA) is 83.1 Å². The second-order valence-corrected chi connectivity index (χ2v) is 7.50. The molecule has 0 unspecified atom stereocenters. The smallest absolute Gasteiger partial charge is 0.308 e. The van der Waals surface area contributed by atoms with Crippen LogP contribution in [0.15, 0.2) is 72.8 Å². The highest BCUT2D eigenvalue weighted by Crippen LogP contribution is 2.28. The first-order valence-corrected chi connectivity index (χ1v) is 9.80. The number of anilines is 3. The van der Waals surface area contributed by atoms with Crippen LogP contribution in [0.2, 0.25) is 0 Å². The summed E-state index contributed by atoms with van der Waals surface area (Å²) < 4.78 is 0.915. The number of aryl methyl sites for hydroxylation is 1. The van der Waals surface area contributed by atoms with Crippen LogP contribution in [0, 0.1) is 6.92 Å². The van der Waals surface area contributed by atoms with Gasteiger partial charge in [0.2, 0.25) is 0 Å². The Bertz CT molecular complexity index is 1170. The summed E-state index contributed by atoms with van der Waals surface area (Å²) in [6, 6.07) is 21.7. The Morgan fingerprint density at radius 1 is 0.828 bits per heavy atom. The normalized spacial score (nSPS) is 10.5. The molecule has 0 spiro atoms. The van der Waals surface area contributed by atoms with Crippen LogP contribution in [0.1, 0.15) is 15.9 Å². The van der Waals surface area contributed by atoms with Gasteiger partial charge >= 0.3 is 6.03 Å². The maximum Gasteiger partial charge on any atom is 0.323 e. The summed E-state index contributed by atoms with van der Waals surface area (Å²) in [6.45, 7) is 1.99. The lowest BCUT2D eigenvalue weighted by Crippen LogP contribution is -2.19. The number of amides is 3. The highest BCUT2D eigenvalue weighted by atomic mass is 32.1. The molecule has 4 aromatic rings. The van der Waals surface area contributed by atoms with Crippen molar-refractivity contribution in [1.29, 1.82) is 0 Å². The first kappa shape index (κ1) is 18.6. The molecule has 4 rings (SSSR count). The number of rotatable bonds is 4. The van der Waals surface area contributed by atoms with Crippen molar-refractivity contribution in [3.63, 3.8) is 0 Å². The molecule has 29 heavy (non-hydrogen) atoms. The van der Waals surface area contributed by atoms with Gasteiger partial charge in [-0.3, -0.25) is 10.1 Å². The Labute approximate surface area is 171 Å². The van der Waals surface area contributed by atoms with E-state index in [4.69, 9.17) is 0 Å². The number of benzene rings is 3. The molecule has 3 amide bonds. The molecule has 0 saturated heterocycles. The second kappa shape index (κ2) is 8.12. The van der Waals surface area contributed by atoms with Crippen molar-refractivity contribution < 1.29 is 9.59 Å². The van der Waals surface area contributed by atoms with Gasteiger partial charge in [0.05, 0.1) is 10.2 Å². The maximum absolute atomic E-state index is 12.3. The van der Waals surface area contributed by atoms with E-state index < -0.39 is 0 Å². The third-order valence-corrected chi connectivity index (χ3v) is 5.16. The molecule has 1 heterocycles. The molecule has 0 fully saturated rings. The zero-order chi connectivity index (χ0) is 20.2. The number of urea groups is 1. The van der Waals surface area contributed by atoms with Crippen LogP contribution in [-0.2, 0) is 0 Å². The van der Waals surface area contributed by atoms with Crippen LogP contribution < -0.4 is 16.0 Å². The van der Waals surface area contributed by atoms with Crippen LogP contribution in [0.4, 0.5) is 21.3 Å². The summed E-state index contributed by atoms with van der Waals surface area (Å²) in [4.78, 5) is 29.0. The highest BCUT2D eigenvalue weighted by molar-refractivity contribution is 7.22. The van der Waals surface area contributed by atoms with Crippen LogP contribution in [0.25, 0.3) is 10.2 Å². The summed E-state index contributed by atoms with van der Waals surface area (Å²) in [6.07, 6.45) is 0. The standard InChI is InChI=1S/C22H18N4O2S/c1-14-7-9-16(10-8-14)23-21(28)24-17-11-12-19-18(13-17)25-22(29-19)26-20(27)15-5-3-2-4-6-15/h2-13H,1H3,(H2,23,24,28)(H,25,26,27). The Morgan fingerprint density at radius 2 is 1.52 bits per heavy atom. The van der Waals surface area contributed by atoms with Crippen molar-refractivity contribution in [2.45, 2.75) is 6.92 Å². The fourth-order valence-corrected chi connectivity index (χ4v) is 3.59. The summed E-state index contributed by atoms with van der Waals surface area (Å²) in [7, 11) is 0. The van der Waals surface area contributed by atoms with Crippen LogP contribution >= 0.6 is 11.3 Å². The molecular weight excluding hydrogens is 384 g/mol. The predicted molar refractivity (Wildman–Crippen MR) is 118 cm³/mol. The molecular formula is C22H18N4O2S. The predicted octanol–water partition coefficient (Wildman–Crippen LogP) is 5.50. The second-order valence-electron chi connectivity index (χ2n) is 6.47. The van der Waals surface area contributed by atoms with Gasteiger partial charge in [-0.1, -0.05) is 47.2 Å². The minimum absolute atomic E-state index is 0.208. The highest BCUT2D eigenvalue weighted by Gasteiger charge is 2.11. The van der Waals surface area contributed by atoms with Gasteiger partial charge in [-0.15, -0.1) is 0 Å². The number of carbonyl (C=O) groups excluding carboxylic acids is 2. The Kier molecular flexibility index (Phi) is 5.22. The minimum Gasteiger partial charge on any atom is -0.308 e. The molecule has 0 atom stereocenters. The van der Waals surface area contributed by atoms with E-state index in [9.17, 15) is 9.59 Å². The van der Waals surface area contributed by atoms with Crippen molar-refractivity contribution in [2.24, 2.45) is 0 Å². The Hall–Kier alpha value is -3.71. The minimum atomic E-state index is -0.332. The molecule has 0 saturated carbocycles. The monoisotopic (exact) mass is 402 g/mol. The molecule has 0 radical (unpaired) electrons. The van der Waals surface area contributed by atoms with E-state index in [1.54, 1.807) is 24.3 Å². The SMILES string of the molecule is Cc1ccc(NC(=O)Nc2ccc3sc(NC(=O)c4ccccc4)nc3c2)cc1. The lowest BCUT2D eigenvalue weighted by atomic mass is 10.2. The molecule has 0 bridgehead atoms. The molecule has 3 N–H and O–H groups in total. The van der Waals surface area contributed by atoms with E-state index in [1.165, 1.54) is 11.3 Å². The van der Waals surface area contributed by atoms with Gasteiger partial charge in [-0.05, 0) is 49.4 Å². The van der Waals surface area contributed by atoms with E-state index in [-0.39, 0.29) is 11.9 Å². The van der Waals surface area contributed by atoms with Crippen molar-refractivity contribution in [2.75, 3.05) is 16.0 Å². The molecule has 3 aromatic carbocycles. The average molecular weight is 402 g/mol. The van der Waals surface area contributed by atoms with Crippen LogP contribution in [-0.4, -0.2) is 16.9 Å². The van der Waals surface area contributed by atoms with Gasteiger partial charge in [0.25, 0.3) is 5.91 Å². The van der Waals surface area contributed by atoms with Crippen molar-refractivity contribution >= 4 is 50.0 Å². The summed E-state index contributed by atoms with van der Waals surface area (Å²) >= 11 is 1.38. The third-order valence-electron chi connectivity index (χ3n) is 4.21. The van der Waals surface area contributed by atoms with E-state index in [2.05, 4.69) is 20.9 Å². The van der Waals surface area contributed by atoms with Gasteiger partial charge in [-0.25, -0.2) is 9.78 Å². The lowest BCUT2D eigenvalue weighted by molar-refractivity contribution is 0.102. The van der Waals surface area contributed by atoms with Gasteiger partial charge < -0.3 is 10.6 Å². The van der Waals surface area contributed by atoms with Gasteiger partial charge in [-0.2, -0.15) is 0 Å². The fourth-order valence-electron chi connectivity index (χ4n) is 2.75. The average Bonchev–Trinajstić information content (AvgIpc) is 3.12. The Morgan fingerprint density at radius 3 is 2.28 bits per heavy atom. The number of carbonyl (C=O) groups is 2. The molecule has 0 aliphatic carbocycles.